The van der Waals surface area contributed by atoms with Gasteiger partial charge in [0.05, 0.1) is 5.69 Å². The fourth-order valence-corrected chi connectivity index (χ4v) is 6.20. The number of sulfonamides is 1. The van der Waals surface area contributed by atoms with Crippen LogP contribution < -0.4 is 10.0 Å². The monoisotopic (exact) mass is 392 g/mol. The molecule has 3 heterocycles. The second-order valence-corrected chi connectivity index (χ2v) is 9.61. The van der Waals surface area contributed by atoms with E-state index >= 15 is 0 Å². The average Bonchev–Trinajstić information content (AvgIpc) is 3.29. The molecule has 2 saturated heterocycles. The number of anilines is 2. The number of rotatable bonds is 6. The van der Waals surface area contributed by atoms with Crippen LogP contribution in [0.1, 0.15) is 32.1 Å². The molecule has 4 rings (SSSR count). The zero-order valence-electron chi connectivity index (χ0n) is 14.6. The van der Waals surface area contributed by atoms with Gasteiger partial charge in [0.25, 0.3) is 10.0 Å². The second-order valence-electron chi connectivity index (χ2n) is 7.06. The Hall–Kier alpha value is -1.64. The molecule has 0 bridgehead atoms. The van der Waals surface area contributed by atoms with Gasteiger partial charge in [-0.2, -0.15) is 0 Å². The molecule has 2 fully saturated rings. The van der Waals surface area contributed by atoms with Gasteiger partial charge < -0.3 is 5.32 Å². The Labute approximate surface area is 158 Å². The molecule has 1 atom stereocenters. The molecule has 2 aliphatic heterocycles. The van der Waals surface area contributed by atoms with Gasteiger partial charge in [0.2, 0.25) is 0 Å². The van der Waals surface area contributed by atoms with Crippen LogP contribution in [0, 0.1) is 0 Å². The number of aromatic nitrogens is 1. The normalized spacial score (nSPS) is 23.5. The summed E-state index contributed by atoms with van der Waals surface area (Å²) in [5.74, 6) is 0. The fourth-order valence-electron chi connectivity index (χ4n) is 4.22. The van der Waals surface area contributed by atoms with E-state index in [-0.39, 0.29) is 10.4 Å². The Morgan fingerprint density at radius 2 is 1.96 bits per heavy atom. The molecule has 2 aliphatic rings. The molecule has 140 valence electrons. The molecule has 0 saturated carbocycles. The fraction of sp³-hybridized carbons (Fsp3) is 0.500. The van der Waals surface area contributed by atoms with Gasteiger partial charge >= 0.3 is 0 Å². The molecule has 1 aromatic carbocycles. The lowest BCUT2D eigenvalue weighted by Gasteiger charge is -2.43. The van der Waals surface area contributed by atoms with E-state index in [0.717, 1.165) is 19.6 Å². The standard InChI is InChI=1S/C18H24N4O2S2/c23-26(24,21-17-19-10-13-25-17)16-7-2-1-6-15(16)20-14-18-8-3-4-11-22(18)12-5-9-18/h1-2,6-7,10,13,20H,3-5,8-9,11-12,14H2,(H,19,21). The summed E-state index contributed by atoms with van der Waals surface area (Å²) in [6, 6.07) is 7.11. The lowest BCUT2D eigenvalue weighted by Crippen LogP contribution is -2.51. The Morgan fingerprint density at radius 1 is 1.15 bits per heavy atom. The summed E-state index contributed by atoms with van der Waals surface area (Å²) in [4.78, 5) is 6.88. The maximum Gasteiger partial charge on any atom is 0.265 e. The molecule has 2 N–H and O–H groups in total. The van der Waals surface area contributed by atoms with Crippen molar-refractivity contribution in [2.75, 3.05) is 29.7 Å². The predicted molar refractivity (Wildman–Crippen MR) is 105 cm³/mol. The van der Waals surface area contributed by atoms with Crippen LogP contribution in [0.15, 0.2) is 40.7 Å². The van der Waals surface area contributed by atoms with Gasteiger partial charge in [-0.1, -0.05) is 18.6 Å². The number of fused-ring (bicyclic) bond motifs is 1. The molecule has 0 aliphatic carbocycles. The van der Waals surface area contributed by atoms with Crippen molar-refractivity contribution in [3.05, 3.63) is 35.8 Å². The van der Waals surface area contributed by atoms with Gasteiger partial charge in [0.15, 0.2) is 5.13 Å². The highest BCUT2D eigenvalue weighted by atomic mass is 32.2. The molecule has 1 aromatic heterocycles. The quantitative estimate of drug-likeness (QED) is 0.788. The van der Waals surface area contributed by atoms with Crippen molar-refractivity contribution >= 4 is 32.2 Å². The number of benzene rings is 1. The van der Waals surface area contributed by atoms with Crippen LogP contribution in [0.2, 0.25) is 0 Å². The van der Waals surface area contributed by atoms with Crippen LogP contribution in [-0.2, 0) is 10.0 Å². The highest BCUT2D eigenvalue weighted by Crippen LogP contribution is 2.38. The van der Waals surface area contributed by atoms with Crippen molar-refractivity contribution in [1.82, 2.24) is 9.88 Å². The van der Waals surface area contributed by atoms with E-state index in [4.69, 9.17) is 0 Å². The number of nitrogens with one attached hydrogen (secondary N) is 2. The molecule has 8 heteroatoms. The summed E-state index contributed by atoms with van der Waals surface area (Å²) in [6.07, 6.45) is 7.71. The van der Waals surface area contributed by atoms with Crippen molar-refractivity contribution < 1.29 is 8.42 Å². The summed E-state index contributed by atoms with van der Waals surface area (Å²) >= 11 is 1.27. The van der Waals surface area contributed by atoms with Crippen LogP contribution in [0.3, 0.4) is 0 Å². The minimum absolute atomic E-state index is 0.178. The van der Waals surface area contributed by atoms with Gasteiger partial charge in [-0.25, -0.2) is 13.4 Å². The Morgan fingerprint density at radius 3 is 2.81 bits per heavy atom. The van der Waals surface area contributed by atoms with E-state index < -0.39 is 10.0 Å². The molecule has 26 heavy (non-hydrogen) atoms. The molecular weight excluding hydrogens is 368 g/mol. The van der Waals surface area contributed by atoms with Gasteiger partial charge in [0, 0.05) is 23.7 Å². The van der Waals surface area contributed by atoms with Crippen LogP contribution >= 0.6 is 11.3 Å². The minimum atomic E-state index is -3.67. The van der Waals surface area contributed by atoms with Crippen molar-refractivity contribution in [3.63, 3.8) is 0 Å². The molecule has 0 spiro atoms. The zero-order chi connectivity index (χ0) is 18.0. The molecule has 1 unspecified atom stereocenters. The lowest BCUT2D eigenvalue weighted by molar-refractivity contribution is 0.102. The van der Waals surface area contributed by atoms with E-state index in [0.29, 0.717) is 10.8 Å². The number of hydrogen-bond acceptors (Lipinski definition) is 6. The van der Waals surface area contributed by atoms with Crippen molar-refractivity contribution in [3.8, 4) is 0 Å². The molecule has 0 radical (unpaired) electrons. The van der Waals surface area contributed by atoms with Gasteiger partial charge in [-0.15, -0.1) is 11.3 Å². The SMILES string of the molecule is O=S(=O)(Nc1nccs1)c1ccccc1NCC12CCCCN1CCC2. The van der Waals surface area contributed by atoms with Crippen molar-refractivity contribution in [2.24, 2.45) is 0 Å². The molecular formula is C18H24N4O2S2. The Balaban J connectivity index is 1.54. The number of thiazole rings is 1. The van der Waals surface area contributed by atoms with Crippen LogP contribution in [-0.4, -0.2) is 43.5 Å². The van der Waals surface area contributed by atoms with Gasteiger partial charge in [-0.3, -0.25) is 9.62 Å². The minimum Gasteiger partial charge on any atom is -0.382 e. The van der Waals surface area contributed by atoms with E-state index in [9.17, 15) is 8.42 Å². The molecule has 0 amide bonds. The third kappa shape index (κ3) is 3.45. The predicted octanol–water partition coefficient (Wildman–Crippen LogP) is 3.37. The third-order valence-corrected chi connectivity index (χ3v) is 7.71. The molecule has 6 nitrogen and oxygen atoms in total. The highest BCUT2D eigenvalue weighted by Gasteiger charge is 2.42. The van der Waals surface area contributed by atoms with E-state index in [1.807, 2.05) is 12.1 Å². The van der Waals surface area contributed by atoms with E-state index in [1.54, 1.807) is 23.7 Å². The van der Waals surface area contributed by atoms with Crippen LogP contribution in [0.25, 0.3) is 0 Å². The number of hydrogen-bond donors (Lipinski definition) is 2. The number of para-hydroxylation sites is 1. The summed E-state index contributed by atoms with van der Waals surface area (Å²) in [6.45, 7) is 3.11. The first-order valence-electron chi connectivity index (χ1n) is 9.09. The summed E-state index contributed by atoms with van der Waals surface area (Å²) in [5.41, 5.74) is 0.834. The third-order valence-electron chi connectivity index (χ3n) is 5.50. The summed E-state index contributed by atoms with van der Waals surface area (Å²) in [5, 5.41) is 5.58. The van der Waals surface area contributed by atoms with Gasteiger partial charge in [-0.05, 0) is 50.9 Å². The summed E-state index contributed by atoms with van der Waals surface area (Å²) < 4.78 is 28.2. The Bertz CT molecular complexity index is 854. The van der Waals surface area contributed by atoms with Crippen LogP contribution in [0.5, 0.6) is 0 Å². The second kappa shape index (κ2) is 7.17. The average molecular weight is 393 g/mol. The first-order chi connectivity index (χ1) is 12.6. The van der Waals surface area contributed by atoms with Crippen molar-refractivity contribution in [1.29, 1.82) is 0 Å². The van der Waals surface area contributed by atoms with Crippen LogP contribution in [0.4, 0.5) is 10.8 Å². The smallest absolute Gasteiger partial charge is 0.265 e. The van der Waals surface area contributed by atoms with Gasteiger partial charge in [0.1, 0.15) is 4.90 Å². The lowest BCUT2D eigenvalue weighted by atomic mass is 9.86. The molecule has 2 aromatic rings. The largest absolute Gasteiger partial charge is 0.382 e. The zero-order valence-corrected chi connectivity index (χ0v) is 16.3. The topological polar surface area (TPSA) is 74.3 Å². The maximum atomic E-state index is 12.8. The Kier molecular flexibility index (Phi) is 4.90. The van der Waals surface area contributed by atoms with Crippen molar-refractivity contribution in [2.45, 2.75) is 42.5 Å². The van der Waals surface area contributed by atoms with E-state index in [2.05, 4.69) is 19.9 Å². The highest BCUT2D eigenvalue weighted by molar-refractivity contribution is 7.93. The first kappa shape index (κ1) is 17.8. The van der Waals surface area contributed by atoms with E-state index in [1.165, 1.54) is 43.4 Å². The number of piperidine rings is 1. The maximum absolute atomic E-state index is 12.8. The summed E-state index contributed by atoms with van der Waals surface area (Å²) in [7, 11) is -3.67. The first-order valence-corrected chi connectivity index (χ1v) is 11.5. The number of nitrogens with zero attached hydrogens (tertiary/aromatic N) is 2.